The fourth-order valence-corrected chi connectivity index (χ4v) is 22.3. The SMILES string of the molecule is c1ccc(-c2cc(-c3ccccc3)c(-c3cc4c5c(cc6c(-c7c(-c8ccccc8)cc(-c8ccccc8)cc7-c7ccccc7)cc7c8c(cc3c5c68)B3c5ccccc5N(c5ccccc5)c5cc(N(c6ccccc6)c6ccccc6)cc-7c53)B3c5ccccc5N(c5ccccc5)c5cc(N(c6ccccc6)c6ccccc6)cc-4c53)c(-c3ccccc3)c2)cc1. The molecule has 22 aromatic carbocycles. The molecule has 0 spiro atoms. The van der Waals surface area contributed by atoms with E-state index in [1.165, 1.54) is 87.3 Å². The lowest BCUT2D eigenvalue weighted by molar-refractivity contribution is 1.25. The highest BCUT2D eigenvalue weighted by atomic mass is 15.2. The molecule has 0 unspecified atom stereocenters. The molecule has 22 aromatic rings. The maximum absolute atomic E-state index is 2.74. The predicted octanol–water partition coefficient (Wildman–Crippen LogP) is 29.4. The van der Waals surface area contributed by atoms with Crippen LogP contribution < -0.4 is 52.4 Å². The number of rotatable bonds is 16. The van der Waals surface area contributed by atoms with Crippen molar-refractivity contribution in [2.45, 2.75) is 0 Å². The Balaban J connectivity index is 0.921. The van der Waals surface area contributed by atoms with Crippen LogP contribution >= 0.6 is 0 Å². The van der Waals surface area contributed by atoms with Gasteiger partial charge in [-0.25, -0.2) is 0 Å². The zero-order valence-corrected chi connectivity index (χ0v) is 71.1. The van der Waals surface area contributed by atoms with Crippen molar-refractivity contribution in [1.29, 1.82) is 0 Å². The van der Waals surface area contributed by atoms with Crippen LogP contribution in [0.15, 0.2) is 485 Å². The molecule has 0 amide bonds. The summed E-state index contributed by atoms with van der Waals surface area (Å²) in [5.41, 5.74) is 43.7. The summed E-state index contributed by atoms with van der Waals surface area (Å²) in [6.07, 6.45) is 0. The third-order valence-electron chi connectivity index (χ3n) is 27.7. The van der Waals surface area contributed by atoms with E-state index in [0.29, 0.717) is 0 Å². The van der Waals surface area contributed by atoms with Crippen molar-refractivity contribution in [3.8, 4) is 111 Å². The highest BCUT2D eigenvalue weighted by Gasteiger charge is 2.47. The van der Waals surface area contributed by atoms with Gasteiger partial charge < -0.3 is 19.6 Å². The topological polar surface area (TPSA) is 13.0 Å². The van der Waals surface area contributed by atoms with Crippen LogP contribution in [-0.4, -0.2) is 13.4 Å². The van der Waals surface area contributed by atoms with Gasteiger partial charge in [0.1, 0.15) is 0 Å². The van der Waals surface area contributed by atoms with E-state index >= 15 is 0 Å². The van der Waals surface area contributed by atoms with Crippen LogP contribution in [0.5, 0.6) is 0 Å². The first kappa shape index (κ1) is 74.6. The van der Waals surface area contributed by atoms with Crippen LogP contribution in [0.3, 0.4) is 0 Å². The lowest BCUT2D eigenvalue weighted by Crippen LogP contribution is -2.60. The molecule has 4 aliphatic heterocycles. The van der Waals surface area contributed by atoms with Gasteiger partial charge >= 0.3 is 0 Å². The molecule has 4 aliphatic rings. The molecule has 0 saturated heterocycles. The second-order valence-electron chi connectivity index (χ2n) is 34.7. The van der Waals surface area contributed by atoms with Gasteiger partial charge in [-0.1, -0.05) is 351 Å². The van der Waals surface area contributed by atoms with E-state index in [1.54, 1.807) is 0 Å². The van der Waals surface area contributed by atoms with E-state index in [1.807, 2.05) is 0 Å². The minimum absolute atomic E-state index is 0.281. The fourth-order valence-electron chi connectivity index (χ4n) is 22.3. The molecule has 26 rings (SSSR count). The molecule has 130 heavy (non-hydrogen) atoms. The summed E-state index contributed by atoms with van der Waals surface area (Å²) in [5, 5.41) is 7.37. The molecule has 0 radical (unpaired) electrons. The summed E-state index contributed by atoms with van der Waals surface area (Å²) >= 11 is 0. The van der Waals surface area contributed by atoms with Gasteiger partial charge in [-0.3, -0.25) is 0 Å². The Labute approximate surface area is 757 Å². The molecule has 0 aliphatic carbocycles. The molecule has 4 heterocycles. The molecule has 4 nitrogen and oxygen atoms in total. The van der Waals surface area contributed by atoms with Crippen molar-refractivity contribution in [3.05, 3.63) is 485 Å². The normalized spacial score (nSPS) is 12.4. The van der Waals surface area contributed by atoms with Gasteiger partial charge in [0.05, 0.1) is 0 Å². The minimum atomic E-state index is -0.281. The van der Waals surface area contributed by atoms with Crippen LogP contribution in [0.4, 0.5) is 68.2 Å². The van der Waals surface area contributed by atoms with E-state index in [2.05, 4.69) is 505 Å². The third-order valence-corrected chi connectivity index (χ3v) is 27.7. The molecule has 602 valence electrons. The maximum atomic E-state index is 2.74. The van der Waals surface area contributed by atoms with Crippen LogP contribution in [0.25, 0.3) is 144 Å². The number of fused-ring (bicyclic) bond motifs is 8. The zero-order valence-electron chi connectivity index (χ0n) is 71.1. The largest absolute Gasteiger partial charge is 0.311 e. The molecule has 0 fully saturated rings. The van der Waals surface area contributed by atoms with Gasteiger partial charge in [0, 0.05) is 68.2 Å². The van der Waals surface area contributed by atoms with E-state index in [9.17, 15) is 0 Å². The Morgan fingerprint density at radius 3 is 0.723 bits per heavy atom. The number of hydrogen-bond acceptors (Lipinski definition) is 4. The van der Waals surface area contributed by atoms with Crippen LogP contribution in [0.1, 0.15) is 0 Å². The van der Waals surface area contributed by atoms with Gasteiger partial charge in [0.25, 0.3) is 0 Å². The lowest BCUT2D eigenvalue weighted by Gasteiger charge is -2.43. The standard InChI is InChI=1S/C124H80B2N4/c1-13-41-81(42-14-1)87-69-97(83-45-17-3-18-46-83)117(98(70-87)84-47-19-4-20-48-84)101-77-103-107-73-95(127(89-53-25-7-26-54-89)90-55-27-8-28-56-90)75-115-123(107)126(110-66-38-40-68-114(110)129(115)93-61-33-11-34-62-93)112-80-106-102(118-99(85-49-21-5-22-50-85)71-88(82-43-15-2-16-44-82)72-100(118)86-51-23-6-24-52-86)78-104-108-74-96(128(91-57-29-9-30-58-91)92-59-31-10-32-60-92)76-116-124(108)125(111-79-105(101)121(119(103)112)122(106)120(104)111)109-65-37-39-67-113(109)130(116)94-63-35-12-36-64-94/h1-80H. The summed E-state index contributed by atoms with van der Waals surface area (Å²) in [4.78, 5) is 10.1. The van der Waals surface area contributed by atoms with Crippen molar-refractivity contribution >= 4 is 147 Å². The summed E-state index contributed by atoms with van der Waals surface area (Å²) in [5.74, 6) is 0. The number of nitrogens with zero attached hydrogens (tertiary/aromatic N) is 4. The average Bonchev–Trinajstić information content (AvgIpc) is 0.658. The van der Waals surface area contributed by atoms with E-state index in [4.69, 9.17) is 0 Å². The maximum Gasteiger partial charge on any atom is 0.248 e. The van der Waals surface area contributed by atoms with Crippen molar-refractivity contribution in [2.24, 2.45) is 0 Å². The van der Waals surface area contributed by atoms with Gasteiger partial charge in [-0.05, 0) is 311 Å². The molecule has 0 bridgehead atoms. The number of anilines is 12. The molecule has 0 atom stereocenters. The Bertz CT molecular complexity index is 7490. The monoisotopic (exact) mass is 1650 g/mol. The zero-order chi connectivity index (χ0) is 85.4. The van der Waals surface area contributed by atoms with Crippen molar-refractivity contribution in [1.82, 2.24) is 0 Å². The summed E-state index contributed by atoms with van der Waals surface area (Å²) < 4.78 is 0. The Morgan fingerprint density at radius 2 is 0.423 bits per heavy atom. The predicted molar refractivity (Wildman–Crippen MR) is 553 cm³/mol. The molecular weight excluding hydrogens is 1570 g/mol. The van der Waals surface area contributed by atoms with Gasteiger partial charge in [-0.2, -0.15) is 0 Å². The number of benzene rings is 22. The Hall–Kier alpha value is -16.8. The average molecular weight is 1650 g/mol. The lowest BCUT2D eigenvalue weighted by atomic mass is 9.31. The quantitative estimate of drug-likeness (QED) is 0.0706. The van der Waals surface area contributed by atoms with Gasteiger partial charge in [0.2, 0.25) is 13.4 Å². The second kappa shape index (κ2) is 30.5. The van der Waals surface area contributed by atoms with Crippen LogP contribution in [0, 0.1) is 0 Å². The molecule has 0 N–H and O–H groups in total. The summed E-state index contributed by atoms with van der Waals surface area (Å²) in [6.45, 7) is -0.562. The fraction of sp³-hybridized carbons (Fsp3) is 0. The summed E-state index contributed by atoms with van der Waals surface area (Å²) in [6, 6.07) is 183. The van der Waals surface area contributed by atoms with Crippen LogP contribution in [-0.2, 0) is 0 Å². The first-order valence-corrected chi connectivity index (χ1v) is 45.2. The second-order valence-corrected chi connectivity index (χ2v) is 34.7. The van der Waals surface area contributed by atoms with E-state index in [0.717, 1.165) is 157 Å². The molecule has 0 saturated carbocycles. The molecule has 6 heteroatoms. The molecular formula is C124H80B2N4. The van der Waals surface area contributed by atoms with E-state index < -0.39 is 0 Å². The highest BCUT2D eigenvalue weighted by Crippen LogP contribution is 2.58. The van der Waals surface area contributed by atoms with Crippen molar-refractivity contribution in [3.63, 3.8) is 0 Å². The smallest absolute Gasteiger partial charge is 0.248 e. The van der Waals surface area contributed by atoms with Crippen molar-refractivity contribution < 1.29 is 0 Å². The first-order valence-electron chi connectivity index (χ1n) is 45.2. The number of para-hydroxylation sites is 8. The highest BCUT2D eigenvalue weighted by molar-refractivity contribution is 7.02. The van der Waals surface area contributed by atoms with E-state index in [-0.39, 0.29) is 13.4 Å². The first-order chi connectivity index (χ1) is 64.6. The minimum Gasteiger partial charge on any atom is -0.311 e. The Kier molecular flexibility index (Phi) is 17.5. The summed E-state index contributed by atoms with van der Waals surface area (Å²) in [7, 11) is 0. The molecule has 0 aromatic heterocycles. The van der Waals surface area contributed by atoms with Gasteiger partial charge in [0.15, 0.2) is 0 Å². The Morgan fingerprint density at radius 1 is 0.162 bits per heavy atom. The van der Waals surface area contributed by atoms with Crippen molar-refractivity contribution in [2.75, 3.05) is 19.6 Å². The number of hydrogen-bond donors (Lipinski definition) is 0. The van der Waals surface area contributed by atoms with Gasteiger partial charge in [-0.15, -0.1) is 0 Å². The third kappa shape index (κ3) is 11.9. The van der Waals surface area contributed by atoms with Crippen LogP contribution in [0.2, 0.25) is 0 Å².